The summed E-state index contributed by atoms with van der Waals surface area (Å²) in [6, 6.07) is 15.7. The van der Waals surface area contributed by atoms with Gasteiger partial charge in [-0.05, 0) is 35.7 Å². The number of ether oxygens (including phenoxy) is 1. The lowest BCUT2D eigenvalue weighted by Gasteiger charge is -2.28. The van der Waals surface area contributed by atoms with E-state index in [0.717, 1.165) is 27.8 Å². The van der Waals surface area contributed by atoms with Crippen molar-refractivity contribution in [3.63, 3.8) is 0 Å². The average Bonchev–Trinajstić information content (AvgIpc) is 3.09. The highest BCUT2D eigenvalue weighted by Gasteiger charge is 2.26. The molecule has 154 valence electrons. The standard InChI is InChI=1S/C23H23N3O3S/c1-2-29-21(27)14-26-11-10-17-19(12-24)23(30-20(17)13-26)25-22(28)18-9-5-7-15-6-3-4-8-16(15)18/h3-9,21,27H,2,10-11,13-14H2,1H3,(H,25,28)/t21-/m1/s1. The van der Waals surface area contributed by atoms with Crippen molar-refractivity contribution < 1.29 is 14.6 Å². The number of anilines is 1. The van der Waals surface area contributed by atoms with Crippen molar-refractivity contribution in [2.45, 2.75) is 26.2 Å². The van der Waals surface area contributed by atoms with E-state index in [9.17, 15) is 15.2 Å². The van der Waals surface area contributed by atoms with E-state index in [4.69, 9.17) is 4.74 Å². The number of hydrogen-bond donors (Lipinski definition) is 2. The van der Waals surface area contributed by atoms with Gasteiger partial charge in [0.25, 0.3) is 5.91 Å². The third-order valence-electron chi connectivity index (χ3n) is 5.28. The highest BCUT2D eigenvalue weighted by Crippen LogP contribution is 2.37. The van der Waals surface area contributed by atoms with Crippen molar-refractivity contribution in [2.75, 3.05) is 25.0 Å². The molecule has 1 aliphatic rings. The zero-order chi connectivity index (χ0) is 21.1. The molecular formula is C23H23N3O3S. The quantitative estimate of drug-likeness (QED) is 0.592. The van der Waals surface area contributed by atoms with Crippen molar-refractivity contribution in [1.29, 1.82) is 5.26 Å². The molecule has 0 fully saturated rings. The minimum absolute atomic E-state index is 0.217. The number of nitrogens with zero attached hydrogens (tertiary/aromatic N) is 2. The zero-order valence-corrected chi connectivity index (χ0v) is 17.5. The normalized spacial score (nSPS) is 14.8. The first-order chi connectivity index (χ1) is 14.6. The molecule has 0 radical (unpaired) electrons. The summed E-state index contributed by atoms with van der Waals surface area (Å²) in [5, 5.41) is 25.1. The summed E-state index contributed by atoms with van der Waals surface area (Å²) in [5.41, 5.74) is 2.14. The van der Waals surface area contributed by atoms with Crippen LogP contribution in [0.2, 0.25) is 0 Å². The van der Waals surface area contributed by atoms with Crippen LogP contribution in [0.4, 0.5) is 5.00 Å². The number of aliphatic hydroxyl groups excluding tert-OH is 1. The van der Waals surface area contributed by atoms with Gasteiger partial charge in [-0.2, -0.15) is 5.26 Å². The minimum Gasteiger partial charge on any atom is -0.367 e. The van der Waals surface area contributed by atoms with Gasteiger partial charge in [-0.1, -0.05) is 36.4 Å². The number of nitrogens with one attached hydrogen (secondary N) is 1. The Labute approximate surface area is 179 Å². The van der Waals surface area contributed by atoms with Gasteiger partial charge in [0.2, 0.25) is 0 Å². The molecule has 2 aromatic carbocycles. The Hall–Kier alpha value is -2.76. The molecule has 3 aromatic rings. The fraction of sp³-hybridized carbons (Fsp3) is 0.304. The fourth-order valence-electron chi connectivity index (χ4n) is 3.88. The molecule has 0 saturated carbocycles. The predicted molar refractivity (Wildman–Crippen MR) is 118 cm³/mol. The highest BCUT2D eigenvalue weighted by atomic mass is 32.1. The Morgan fingerprint density at radius 2 is 2.13 bits per heavy atom. The third kappa shape index (κ3) is 4.09. The SMILES string of the molecule is CCO[C@@H](O)CN1CCc2c(sc(NC(=O)c3cccc4ccccc34)c2C#N)C1. The molecule has 2 N–H and O–H groups in total. The third-order valence-corrected chi connectivity index (χ3v) is 6.41. The molecule has 1 aromatic heterocycles. The molecule has 1 atom stereocenters. The lowest BCUT2D eigenvalue weighted by atomic mass is 10.0. The molecule has 0 unspecified atom stereocenters. The van der Waals surface area contributed by atoms with Crippen LogP contribution in [0.3, 0.4) is 0 Å². The van der Waals surface area contributed by atoms with E-state index in [1.165, 1.54) is 11.3 Å². The molecule has 2 heterocycles. The van der Waals surface area contributed by atoms with Gasteiger partial charge in [0.15, 0.2) is 6.29 Å². The second-order valence-electron chi connectivity index (χ2n) is 7.20. The van der Waals surface area contributed by atoms with Crippen LogP contribution in [0.1, 0.15) is 33.3 Å². The van der Waals surface area contributed by atoms with Crippen LogP contribution < -0.4 is 5.32 Å². The molecule has 0 aliphatic carbocycles. The number of β-amino-alcohol motifs (C(OH)–C–C–N with tert-alkyl or cyclic N) is 1. The van der Waals surface area contributed by atoms with Crippen LogP contribution in [0.15, 0.2) is 42.5 Å². The zero-order valence-electron chi connectivity index (χ0n) is 16.7. The van der Waals surface area contributed by atoms with E-state index >= 15 is 0 Å². The van der Waals surface area contributed by atoms with E-state index in [0.29, 0.717) is 42.2 Å². The molecule has 7 heteroatoms. The van der Waals surface area contributed by atoms with E-state index in [1.54, 1.807) is 6.07 Å². The molecule has 4 rings (SSSR count). The predicted octanol–water partition coefficient (Wildman–Crippen LogP) is 3.74. The Bertz CT molecular complexity index is 1110. The number of fused-ring (bicyclic) bond motifs is 2. The second-order valence-corrected chi connectivity index (χ2v) is 8.30. The van der Waals surface area contributed by atoms with Crippen LogP contribution in [0, 0.1) is 11.3 Å². The van der Waals surface area contributed by atoms with Gasteiger partial charge in [-0.3, -0.25) is 9.69 Å². The second kappa shape index (κ2) is 8.94. The van der Waals surface area contributed by atoms with Gasteiger partial charge in [-0.15, -0.1) is 11.3 Å². The van der Waals surface area contributed by atoms with Gasteiger partial charge >= 0.3 is 0 Å². The number of carbonyl (C=O) groups is 1. The monoisotopic (exact) mass is 421 g/mol. The first-order valence-electron chi connectivity index (χ1n) is 9.96. The smallest absolute Gasteiger partial charge is 0.256 e. The number of nitriles is 1. The first kappa shape index (κ1) is 20.5. The van der Waals surface area contributed by atoms with Crippen molar-refractivity contribution in [3.8, 4) is 6.07 Å². The molecule has 0 saturated heterocycles. The number of amides is 1. The van der Waals surface area contributed by atoms with Crippen molar-refractivity contribution in [1.82, 2.24) is 4.90 Å². The molecule has 6 nitrogen and oxygen atoms in total. The minimum atomic E-state index is -0.822. The van der Waals surface area contributed by atoms with E-state index in [-0.39, 0.29) is 5.91 Å². The topological polar surface area (TPSA) is 85.6 Å². The van der Waals surface area contributed by atoms with Crippen LogP contribution in [-0.4, -0.2) is 41.9 Å². The average molecular weight is 422 g/mol. The summed E-state index contributed by atoms with van der Waals surface area (Å²) in [4.78, 5) is 16.2. The summed E-state index contributed by atoms with van der Waals surface area (Å²) >= 11 is 1.44. The Kier molecular flexibility index (Phi) is 6.11. The van der Waals surface area contributed by atoms with Gasteiger partial charge in [0, 0.05) is 36.7 Å². The van der Waals surface area contributed by atoms with Crippen molar-refractivity contribution in [3.05, 3.63) is 64.0 Å². The van der Waals surface area contributed by atoms with Gasteiger partial charge in [0.1, 0.15) is 11.1 Å². The fourth-order valence-corrected chi connectivity index (χ4v) is 5.11. The molecule has 0 bridgehead atoms. The summed E-state index contributed by atoms with van der Waals surface area (Å²) in [7, 11) is 0. The van der Waals surface area contributed by atoms with E-state index in [1.807, 2.05) is 43.3 Å². The lowest BCUT2D eigenvalue weighted by Crippen LogP contribution is -2.37. The number of aliphatic hydroxyl groups is 1. The maximum atomic E-state index is 13.0. The molecule has 1 amide bonds. The van der Waals surface area contributed by atoms with Crippen LogP contribution in [-0.2, 0) is 17.7 Å². The number of thiophene rings is 1. The van der Waals surface area contributed by atoms with Crippen molar-refractivity contribution in [2.24, 2.45) is 0 Å². The molecule has 0 spiro atoms. The molecular weight excluding hydrogens is 398 g/mol. The van der Waals surface area contributed by atoms with Gasteiger partial charge < -0.3 is 15.2 Å². The number of rotatable bonds is 6. The largest absolute Gasteiger partial charge is 0.367 e. The first-order valence-corrected chi connectivity index (χ1v) is 10.8. The summed E-state index contributed by atoms with van der Waals surface area (Å²) in [6.45, 7) is 4.09. The summed E-state index contributed by atoms with van der Waals surface area (Å²) in [6.07, 6.45) is -0.116. The highest BCUT2D eigenvalue weighted by molar-refractivity contribution is 7.16. The van der Waals surface area contributed by atoms with E-state index < -0.39 is 6.29 Å². The van der Waals surface area contributed by atoms with Gasteiger partial charge in [-0.25, -0.2) is 0 Å². The maximum Gasteiger partial charge on any atom is 0.256 e. The number of hydrogen-bond acceptors (Lipinski definition) is 6. The number of carbonyl (C=O) groups excluding carboxylic acids is 1. The van der Waals surface area contributed by atoms with Crippen molar-refractivity contribution >= 4 is 33.0 Å². The van der Waals surface area contributed by atoms with Crippen LogP contribution >= 0.6 is 11.3 Å². The Balaban J connectivity index is 1.57. The maximum absolute atomic E-state index is 13.0. The van der Waals surface area contributed by atoms with E-state index in [2.05, 4.69) is 16.3 Å². The summed E-state index contributed by atoms with van der Waals surface area (Å²) in [5.74, 6) is -0.217. The van der Waals surface area contributed by atoms with Crippen LogP contribution in [0.5, 0.6) is 0 Å². The number of benzene rings is 2. The van der Waals surface area contributed by atoms with Gasteiger partial charge in [0.05, 0.1) is 5.56 Å². The van der Waals surface area contributed by atoms with Crippen LogP contribution in [0.25, 0.3) is 10.8 Å². The Morgan fingerprint density at radius 1 is 1.33 bits per heavy atom. The summed E-state index contributed by atoms with van der Waals surface area (Å²) < 4.78 is 5.23. The molecule has 30 heavy (non-hydrogen) atoms. The lowest BCUT2D eigenvalue weighted by molar-refractivity contribution is -0.110. The molecule has 1 aliphatic heterocycles. The Morgan fingerprint density at radius 3 is 2.93 bits per heavy atom.